The second-order valence-corrected chi connectivity index (χ2v) is 9.64. The Morgan fingerprint density at radius 3 is 2.68 bits per heavy atom. The van der Waals surface area contributed by atoms with Crippen molar-refractivity contribution in [1.29, 1.82) is 0 Å². The molecule has 1 aromatic carbocycles. The maximum atomic E-state index is 13.0. The first-order chi connectivity index (χ1) is 11.7. The van der Waals surface area contributed by atoms with Crippen LogP contribution in [0.5, 0.6) is 0 Å². The Morgan fingerprint density at radius 2 is 2.04 bits per heavy atom. The van der Waals surface area contributed by atoms with Gasteiger partial charge in [0.1, 0.15) is 6.10 Å². The van der Waals surface area contributed by atoms with E-state index in [0.717, 1.165) is 12.8 Å². The summed E-state index contributed by atoms with van der Waals surface area (Å²) in [5.74, 6) is -0.139. The Bertz CT molecular complexity index is 823. The molecule has 25 heavy (non-hydrogen) atoms. The van der Waals surface area contributed by atoms with Gasteiger partial charge in [-0.2, -0.15) is 0 Å². The number of hydrogen-bond donors (Lipinski definition) is 0. The summed E-state index contributed by atoms with van der Waals surface area (Å²) in [5.41, 5.74) is 1.68. The molecule has 2 fully saturated rings. The summed E-state index contributed by atoms with van der Waals surface area (Å²) in [6.07, 6.45) is 3.48. The smallest absolute Gasteiger partial charge is 0.338 e. The number of sulfone groups is 1. The first-order valence-corrected chi connectivity index (χ1v) is 10.2. The van der Waals surface area contributed by atoms with E-state index in [2.05, 4.69) is 19.2 Å². The van der Waals surface area contributed by atoms with Crippen molar-refractivity contribution in [3.63, 3.8) is 0 Å². The molecule has 0 saturated heterocycles. The SMILES string of the molecule is C=C=CC(=O)O[C@@H]1C[C@H]2CC[C@]1(C)[C@]2(C)CS(=O)(=O)c1ccccc1. The zero-order chi connectivity index (χ0) is 18.3. The van der Waals surface area contributed by atoms with E-state index in [4.69, 9.17) is 4.74 Å². The van der Waals surface area contributed by atoms with E-state index in [0.29, 0.717) is 11.3 Å². The summed E-state index contributed by atoms with van der Waals surface area (Å²) in [6, 6.07) is 8.58. The highest BCUT2D eigenvalue weighted by molar-refractivity contribution is 7.91. The molecule has 0 N–H and O–H groups in total. The van der Waals surface area contributed by atoms with Crippen molar-refractivity contribution in [3.05, 3.63) is 48.7 Å². The highest BCUT2D eigenvalue weighted by Crippen LogP contribution is 2.67. The predicted octanol–water partition coefficient (Wildman–Crippen LogP) is 3.54. The van der Waals surface area contributed by atoms with Gasteiger partial charge in [0.05, 0.1) is 16.7 Å². The molecule has 0 unspecified atom stereocenters. The van der Waals surface area contributed by atoms with E-state index in [1.165, 1.54) is 6.08 Å². The maximum absolute atomic E-state index is 13.0. The van der Waals surface area contributed by atoms with Crippen LogP contribution >= 0.6 is 0 Å². The minimum atomic E-state index is -3.40. The molecule has 0 radical (unpaired) electrons. The second kappa shape index (κ2) is 6.15. The summed E-state index contributed by atoms with van der Waals surface area (Å²) in [6.45, 7) is 7.50. The summed E-state index contributed by atoms with van der Waals surface area (Å²) in [4.78, 5) is 12.2. The zero-order valence-corrected chi connectivity index (χ0v) is 15.5. The van der Waals surface area contributed by atoms with Crippen LogP contribution in [0.15, 0.2) is 53.6 Å². The van der Waals surface area contributed by atoms with E-state index >= 15 is 0 Å². The van der Waals surface area contributed by atoms with Gasteiger partial charge in [-0.15, -0.1) is 5.73 Å². The van der Waals surface area contributed by atoms with Crippen molar-refractivity contribution < 1.29 is 17.9 Å². The van der Waals surface area contributed by atoms with Crippen molar-refractivity contribution in [2.45, 2.75) is 44.1 Å². The molecule has 4 atom stereocenters. The molecule has 2 bridgehead atoms. The minimum absolute atomic E-state index is 0.0799. The van der Waals surface area contributed by atoms with Crippen molar-refractivity contribution in [3.8, 4) is 0 Å². The van der Waals surface area contributed by atoms with Gasteiger partial charge in [-0.3, -0.25) is 0 Å². The number of carbonyl (C=O) groups is 1. The van der Waals surface area contributed by atoms with Crippen LogP contribution in [0.25, 0.3) is 0 Å². The Balaban J connectivity index is 1.89. The lowest BCUT2D eigenvalue weighted by Gasteiger charge is -2.40. The Morgan fingerprint density at radius 1 is 1.36 bits per heavy atom. The fraction of sp³-hybridized carbons (Fsp3) is 0.500. The van der Waals surface area contributed by atoms with Crippen LogP contribution in [0.2, 0.25) is 0 Å². The van der Waals surface area contributed by atoms with Gasteiger partial charge in [-0.1, -0.05) is 38.6 Å². The highest BCUT2D eigenvalue weighted by Gasteiger charge is 2.66. The lowest BCUT2D eigenvalue weighted by molar-refractivity contribution is -0.150. The molecule has 0 aliphatic heterocycles. The molecule has 2 saturated carbocycles. The van der Waals surface area contributed by atoms with Crippen LogP contribution < -0.4 is 0 Å². The summed E-state index contributed by atoms with van der Waals surface area (Å²) < 4.78 is 31.5. The van der Waals surface area contributed by atoms with E-state index in [1.807, 2.05) is 13.0 Å². The van der Waals surface area contributed by atoms with Gasteiger partial charge >= 0.3 is 5.97 Å². The fourth-order valence-corrected chi connectivity index (χ4v) is 6.89. The summed E-state index contributed by atoms with van der Waals surface area (Å²) in [7, 11) is -3.40. The minimum Gasteiger partial charge on any atom is -0.458 e. The molecule has 3 rings (SSSR count). The lowest BCUT2D eigenvalue weighted by atomic mass is 9.69. The van der Waals surface area contributed by atoms with Gasteiger partial charge in [0.15, 0.2) is 9.84 Å². The van der Waals surface area contributed by atoms with E-state index < -0.39 is 21.2 Å². The summed E-state index contributed by atoms with van der Waals surface area (Å²) >= 11 is 0. The van der Waals surface area contributed by atoms with E-state index in [-0.39, 0.29) is 23.2 Å². The average Bonchev–Trinajstić information content (AvgIpc) is 2.90. The van der Waals surface area contributed by atoms with Crippen molar-refractivity contribution in [2.75, 3.05) is 5.75 Å². The van der Waals surface area contributed by atoms with Crippen LogP contribution in [-0.4, -0.2) is 26.2 Å². The Hall–Kier alpha value is -1.84. The van der Waals surface area contributed by atoms with Crippen LogP contribution in [0.4, 0.5) is 0 Å². The summed E-state index contributed by atoms with van der Waals surface area (Å²) in [5, 5.41) is 0. The molecule has 0 heterocycles. The van der Waals surface area contributed by atoms with E-state index in [1.54, 1.807) is 24.3 Å². The highest BCUT2D eigenvalue weighted by atomic mass is 32.2. The molecule has 1 aromatic rings. The first-order valence-electron chi connectivity index (χ1n) is 8.57. The van der Waals surface area contributed by atoms with Crippen LogP contribution in [0.1, 0.15) is 33.1 Å². The number of ether oxygens (including phenoxy) is 1. The first kappa shape index (κ1) is 18.0. The van der Waals surface area contributed by atoms with Crippen LogP contribution in [0, 0.1) is 16.7 Å². The Kier molecular flexibility index (Phi) is 4.42. The monoisotopic (exact) mass is 360 g/mol. The van der Waals surface area contributed by atoms with Crippen molar-refractivity contribution in [2.24, 2.45) is 16.7 Å². The number of esters is 1. The zero-order valence-electron chi connectivity index (χ0n) is 14.7. The van der Waals surface area contributed by atoms with Crippen LogP contribution in [0.3, 0.4) is 0 Å². The molecule has 0 spiro atoms. The van der Waals surface area contributed by atoms with Gasteiger partial charge in [0.2, 0.25) is 0 Å². The third-order valence-corrected chi connectivity index (χ3v) is 8.47. The van der Waals surface area contributed by atoms with Gasteiger partial charge in [0, 0.05) is 5.41 Å². The van der Waals surface area contributed by atoms with Crippen molar-refractivity contribution in [1.82, 2.24) is 0 Å². The molecule has 134 valence electrons. The molecule has 5 heteroatoms. The van der Waals surface area contributed by atoms with Gasteiger partial charge < -0.3 is 4.74 Å². The normalized spacial score (nSPS) is 33.7. The molecule has 2 aliphatic carbocycles. The van der Waals surface area contributed by atoms with Gasteiger partial charge in [-0.05, 0) is 42.7 Å². The molecular weight excluding hydrogens is 336 g/mol. The fourth-order valence-electron chi connectivity index (χ4n) is 4.79. The molecule has 4 nitrogen and oxygen atoms in total. The molecular formula is C20H24O4S. The number of rotatable bonds is 5. The predicted molar refractivity (Wildman–Crippen MR) is 95.6 cm³/mol. The third kappa shape index (κ3) is 2.86. The van der Waals surface area contributed by atoms with E-state index in [9.17, 15) is 13.2 Å². The molecule has 0 amide bonds. The standard InChI is InChI=1S/C20H24O4S/c1-4-8-18(21)24-17-13-15-11-12-19(17,2)20(15,3)14-25(22,23)16-9-6-5-7-10-16/h5-10,15,17H,1,11-14H2,2-3H3/t15-,17-,19+,20-/m1/s1. The number of fused-ring (bicyclic) bond motifs is 2. The molecule has 2 aliphatic rings. The Labute approximate surface area is 149 Å². The maximum Gasteiger partial charge on any atom is 0.338 e. The number of hydrogen-bond acceptors (Lipinski definition) is 4. The quantitative estimate of drug-likeness (QED) is 0.458. The largest absolute Gasteiger partial charge is 0.458 e. The number of carbonyl (C=O) groups excluding carboxylic acids is 1. The third-order valence-electron chi connectivity index (χ3n) is 6.50. The topological polar surface area (TPSA) is 60.4 Å². The number of benzene rings is 1. The lowest BCUT2D eigenvalue weighted by Crippen LogP contribution is -2.43. The van der Waals surface area contributed by atoms with Crippen LogP contribution in [-0.2, 0) is 19.4 Å². The molecule has 0 aromatic heterocycles. The second-order valence-electron chi connectivity index (χ2n) is 7.65. The van der Waals surface area contributed by atoms with Gasteiger partial charge in [-0.25, -0.2) is 13.2 Å². The van der Waals surface area contributed by atoms with Gasteiger partial charge in [0.25, 0.3) is 0 Å². The average molecular weight is 360 g/mol. The van der Waals surface area contributed by atoms with Crippen molar-refractivity contribution >= 4 is 15.8 Å².